The van der Waals surface area contributed by atoms with E-state index in [1.807, 2.05) is 6.92 Å². The lowest BCUT2D eigenvalue weighted by molar-refractivity contribution is 0.117. The van der Waals surface area contributed by atoms with Gasteiger partial charge in [0.15, 0.2) is 0 Å². The number of allylic oxidation sites excluding steroid dienone is 2. The first-order chi connectivity index (χ1) is 10.4. The van der Waals surface area contributed by atoms with Gasteiger partial charge in [-0.25, -0.2) is 0 Å². The Balaban J connectivity index is 2.15. The SMILES string of the molecule is C=C(CCCCOCc1cccc(/C=C/C)c1)O[Si](C)(C)C. The van der Waals surface area contributed by atoms with Gasteiger partial charge in [0.25, 0.3) is 0 Å². The van der Waals surface area contributed by atoms with Crippen molar-refractivity contribution in [2.24, 2.45) is 0 Å². The lowest BCUT2D eigenvalue weighted by atomic mass is 10.1. The summed E-state index contributed by atoms with van der Waals surface area (Å²) in [6.45, 7) is 14.0. The van der Waals surface area contributed by atoms with Gasteiger partial charge in [-0.3, -0.25) is 0 Å². The highest BCUT2D eigenvalue weighted by atomic mass is 28.4. The molecule has 1 rings (SSSR count). The van der Waals surface area contributed by atoms with Crippen LogP contribution in [0.15, 0.2) is 42.7 Å². The molecule has 0 aliphatic heterocycles. The Labute approximate surface area is 137 Å². The predicted octanol–water partition coefficient (Wildman–Crippen LogP) is 5.77. The first kappa shape index (κ1) is 18.7. The van der Waals surface area contributed by atoms with Crippen LogP contribution in [0.5, 0.6) is 0 Å². The van der Waals surface area contributed by atoms with Gasteiger partial charge in [0.1, 0.15) is 0 Å². The molecule has 0 radical (unpaired) electrons. The molecule has 0 bridgehead atoms. The van der Waals surface area contributed by atoms with Gasteiger partial charge >= 0.3 is 0 Å². The molecule has 0 aliphatic rings. The van der Waals surface area contributed by atoms with Gasteiger partial charge in [-0.1, -0.05) is 36.9 Å². The summed E-state index contributed by atoms with van der Waals surface area (Å²) in [6.07, 6.45) is 7.21. The molecule has 0 aromatic heterocycles. The quantitative estimate of drug-likeness (QED) is 0.310. The smallest absolute Gasteiger partial charge is 0.241 e. The standard InChI is InChI=1S/C19H30O2Si/c1-6-10-18-12-9-13-19(15-18)16-20-14-8-7-11-17(2)21-22(3,4)5/h6,9-10,12-13,15H,2,7-8,11,14,16H2,1,3-5H3/b10-6+. The van der Waals surface area contributed by atoms with Crippen LogP contribution >= 0.6 is 0 Å². The molecule has 0 fully saturated rings. The molecule has 0 spiro atoms. The van der Waals surface area contributed by atoms with Crippen molar-refractivity contribution in [2.75, 3.05) is 6.61 Å². The second-order valence-electron chi connectivity index (χ2n) is 6.51. The van der Waals surface area contributed by atoms with Crippen LogP contribution in [0.3, 0.4) is 0 Å². The third kappa shape index (κ3) is 8.85. The highest BCUT2D eigenvalue weighted by molar-refractivity contribution is 6.70. The lowest BCUT2D eigenvalue weighted by Crippen LogP contribution is -2.24. The van der Waals surface area contributed by atoms with Crippen LogP contribution in [0.25, 0.3) is 6.08 Å². The summed E-state index contributed by atoms with van der Waals surface area (Å²) in [6, 6.07) is 8.46. The number of hydrogen-bond acceptors (Lipinski definition) is 2. The highest BCUT2D eigenvalue weighted by Crippen LogP contribution is 2.14. The van der Waals surface area contributed by atoms with E-state index in [1.54, 1.807) is 0 Å². The minimum atomic E-state index is -1.49. The Hall–Kier alpha value is -1.32. The molecule has 3 heteroatoms. The molecular formula is C19H30O2Si. The summed E-state index contributed by atoms with van der Waals surface area (Å²) in [7, 11) is -1.49. The normalized spacial score (nSPS) is 11.8. The van der Waals surface area contributed by atoms with E-state index in [4.69, 9.17) is 9.16 Å². The summed E-state index contributed by atoms with van der Waals surface area (Å²) in [5, 5.41) is 0. The highest BCUT2D eigenvalue weighted by Gasteiger charge is 2.16. The average molecular weight is 319 g/mol. The first-order valence-electron chi connectivity index (χ1n) is 8.07. The third-order valence-corrected chi connectivity index (χ3v) is 3.92. The zero-order valence-corrected chi connectivity index (χ0v) is 15.5. The topological polar surface area (TPSA) is 18.5 Å². The van der Waals surface area contributed by atoms with Gasteiger partial charge in [-0.2, -0.15) is 0 Å². The van der Waals surface area contributed by atoms with E-state index in [-0.39, 0.29) is 0 Å². The average Bonchev–Trinajstić information content (AvgIpc) is 2.41. The van der Waals surface area contributed by atoms with E-state index in [9.17, 15) is 0 Å². The molecular weight excluding hydrogens is 288 g/mol. The molecule has 1 aromatic carbocycles. The van der Waals surface area contributed by atoms with Crippen LogP contribution in [-0.4, -0.2) is 14.9 Å². The van der Waals surface area contributed by atoms with E-state index in [2.05, 4.69) is 62.6 Å². The predicted molar refractivity (Wildman–Crippen MR) is 98.2 cm³/mol. The molecule has 0 heterocycles. The van der Waals surface area contributed by atoms with Gasteiger partial charge in [0.2, 0.25) is 8.32 Å². The minimum absolute atomic E-state index is 0.678. The number of benzene rings is 1. The Morgan fingerprint density at radius 1 is 1.23 bits per heavy atom. The molecule has 22 heavy (non-hydrogen) atoms. The van der Waals surface area contributed by atoms with E-state index >= 15 is 0 Å². The summed E-state index contributed by atoms with van der Waals surface area (Å²) in [5.74, 6) is 0.929. The van der Waals surface area contributed by atoms with Crippen molar-refractivity contribution < 1.29 is 9.16 Å². The second kappa shape index (κ2) is 9.64. The van der Waals surface area contributed by atoms with Crippen molar-refractivity contribution in [1.29, 1.82) is 0 Å². The Bertz CT molecular complexity index is 486. The molecule has 2 nitrogen and oxygen atoms in total. The first-order valence-corrected chi connectivity index (χ1v) is 11.5. The van der Waals surface area contributed by atoms with Crippen molar-refractivity contribution in [3.05, 3.63) is 53.8 Å². The van der Waals surface area contributed by atoms with Crippen LogP contribution in [0.2, 0.25) is 19.6 Å². The molecule has 122 valence electrons. The maximum absolute atomic E-state index is 5.85. The molecule has 1 aromatic rings. The molecule has 0 amide bonds. The van der Waals surface area contributed by atoms with Crippen molar-refractivity contribution >= 4 is 14.4 Å². The van der Waals surface area contributed by atoms with Gasteiger partial charge in [0, 0.05) is 13.0 Å². The Morgan fingerprint density at radius 2 is 2.00 bits per heavy atom. The van der Waals surface area contributed by atoms with Crippen LogP contribution in [-0.2, 0) is 15.8 Å². The van der Waals surface area contributed by atoms with E-state index in [1.165, 1.54) is 11.1 Å². The second-order valence-corrected chi connectivity index (χ2v) is 10.9. The molecule has 0 unspecified atom stereocenters. The van der Waals surface area contributed by atoms with E-state index < -0.39 is 8.32 Å². The molecule has 0 aliphatic carbocycles. The summed E-state index contributed by atoms with van der Waals surface area (Å²) in [5.41, 5.74) is 2.45. The number of ether oxygens (including phenoxy) is 1. The van der Waals surface area contributed by atoms with Crippen LogP contribution in [0.1, 0.15) is 37.3 Å². The number of rotatable bonds is 10. The van der Waals surface area contributed by atoms with Gasteiger partial charge in [-0.05, 0) is 56.6 Å². The molecule has 0 saturated heterocycles. The van der Waals surface area contributed by atoms with Crippen molar-refractivity contribution in [3.8, 4) is 0 Å². The largest absolute Gasteiger partial charge is 0.548 e. The number of hydrogen-bond donors (Lipinski definition) is 0. The summed E-state index contributed by atoms with van der Waals surface area (Å²) < 4.78 is 11.6. The zero-order valence-electron chi connectivity index (χ0n) is 14.5. The third-order valence-electron chi connectivity index (χ3n) is 3.02. The van der Waals surface area contributed by atoms with Crippen LogP contribution in [0, 0.1) is 0 Å². The van der Waals surface area contributed by atoms with Gasteiger partial charge in [-0.15, -0.1) is 0 Å². The summed E-state index contributed by atoms with van der Waals surface area (Å²) >= 11 is 0. The van der Waals surface area contributed by atoms with Crippen LogP contribution in [0.4, 0.5) is 0 Å². The Morgan fingerprint density at radius 3 is 2.68 bits per heavy atom. The molecule has 0 atom stereocenters. The van der Waals surface area contributed by atoms with Crippen molar-refractivity contribution in [2.45, 2.75) is 52.4 Å². The molecule has 0 N–H and O–H groups in total. The van der Waals surface area contributed by atoms with Crippen molar-refractivity contribution in [3.63, 3.8) is 0 Å². The summed E-state index contributed by atoms with van der Waals surface area (Å²) in [4.78, 5) is 0. The van der Waals surface area contributed by atoms with Crippen molar-refractivity contribution in [1.82, 2.24) is 0 Å². The molecule has 0 saturated carbocycles. The lowest BCUT2D eigenvalue weighted by Gasteiger charge is -2.20. The number of unbranched alkanes of at least 4 members (excludes halogenated alkanes) is 1. The fourth-order valence-electron chi connectivity index (χ4n) is 2.18. The van der Waals surface area contributed by atoms with E-state index in [0.717, 1.165) is 31.6 Å². The minimum Gasteiger partial charge on any atom is -0.548 e. The fraction of sp³-hybridized carbons (Fsp3) is 0.474. The Kier molecular flexibility index (Phi) is 8.21. The van der Waals surface area contributed by atoms with E-state index in [0.29, 0.717) is 6.61 Å². The maximum Gasteiger partial charge on any atom is 0.241 e. The van der Waals surface area contributed by atoms with Gasteiger partial charge < -0.3 is 9.16 Å². The van der Waals surface area contributed by atoms with Gasteiger partial charge in [0.05, 0.1) is 12.4 Å². The monoisotopic (exact) mass is 318 g/mol. The van der Waals surface area contributed by atoms with Crippen LogP contribution < -0.4 is 0 Å². The zero-order chi connectivity index (χ0) is 16.4. The fourth-order valence-corrected chi connectivity index (χ4v) is 3.15. The maximum atomic E-state index is 5.85.